The van der Waals surface area contributed by atoms with Crippen LogP contribution >= 0.6 is 0 Å². The molecule has 0 bridgehead atoms. The summed E-state index contributed by atoms with van der Waals surface area (Å²) in [7, 11) is -1.31. The van der Waals surface area contributed by atoms with Crippen molar-refractivity contribution in [3.05, 3.63) is 78.1 Å². The summed E-state index contributed by atoms with van der Waals surface area (Å²) in [6.45, 7) is 2.25. The van der Waals surface area contributed by atoms with Gasteiger partial charge in [0.1, 0.15) is 28.7 Å². The first kappa shape index (κ1) is 26.9. The average molecular weight is 566 g/mol. The second kappa shape index (κ2) is 10.8. The van der Waals surface area contributed by atoms with Gasteiger partial charge in [-0.15, -0.1) is 0 Å². The Morgan fingerprint density at radius 3 is 2.27 bits per heavy atom. The van der Waals surface area contributed by atoms with Crippen molar-refractivity contribution in [2.75, 3.05) is 20.8 Å². The Kier molecular flexibility index (Phi) is 7.28. The van der Waals surface area contributed by atoms with Gasteiger partial charge in [0, 0.05) is 6.07 Å². The van der Waals surface area contributed by atoms with Crippen molar-refractivity contribution in [2.45, 2.75) is 12.2 Å². The van der Waals surface area contributed by atoms with E-state index in [2.05, 4.69) is 24.9 Å². The largest absolute Gasteiger partial charge is 0.494 e. The van der Waals surface area contributed by atoms with Gasteiger partial charge in [-0.2, -0.15) is 0 Å². The minimum absolute atomic E-state index is 0.0233. The Hall–Kier alpha value is -4.69. The molecule has 0 amide bonds. The molecular formula is C26H24FN7O5S. The third-order valence-corrected chi connectivity index (χ3v) is 7.02. The van der Waals surface area contributed by atoms with Crippen LogP contribution in [0.5, 0.6) is 17.4 Å². The van der Waals surface area contributed by atoms with Gasteiger partial charge in [0.2, 0.25) is 15.9 Å². The van der Waals surface area contributed by atoms with Gasteiger partial charge in [0.05, 0.1) is 44.6 Å². The lowest BCUT2D eigenvalue weighted by atomic mass is 10.2. The van der Waals surface area contributed by atoms with E-state index in [9.17, 15) is 12.8 Å². The summed E-state index contributed by atoms with van der Waals surface area (Å²) in [5.74, 6) is 0.881. The van der Waals surface area contributed by atoms with Gasteiger partial charge in [-0.25, -0.2) is 37.9 Å². The van der Waals surface area contributed by atoms with E-state index in [1.54, 1.807) is 41.0 Å². The number of rotatable bonds is 9. The van der Waals surface area contributed by atoms with E-state index in [-0.39, 0.29) is 22.7 Å². The van der Waals surface area contributed by atoms with E-state index in [4.69, 9.17) is 19.3 Å². The molecule has 0 saturated carbocycles. The van der Waals surface area contributed by atoms with Crippen LogP contribution in [0.2, 0.25) is 0 Å². The Morgan fingerprint density at radius 1 is 0.925 bits per heavy atom. The van der Waals surface area contributed by atoms with Gasteiger partial charge in [-0.3, -0.25) is 9.55 Å². The number of primary sulfonamides is 1. The highest BCUT2D eigenvalue weighted by atomic mass is 32.2. The number of nitrogens with zero attached hydrogens (tertiary/aromatic N) is 6. The smallest absolute Gasteiger partial charge is 0.223 e. The van der Waals surface area contributed by atoms with Crippen LogP contribution in [-0.2, 0) is 10.0 Å². The van der Waals surface area contributed by atoms with Crippen molar-refractivity contribution in [1.29, 1.82) is 0 Å². The van der Waals surface area contributed by atoms with Gasteiger partial charge >= 0.3 is 0 Å². The van der Waals surface area contributed by atoms with Crippen LogP contribution in [0, 0.1) is 5.82 Å². The van der Waals surface area contributed by atoms with Crippen LogP contribution in [-0.4, -0.2) is 58.7 Å². The predicted octanol–water partition coefficient (Wildman–Crippen LogP) is 3.21. The molecule has 1 aromatic carbocycles. The summed E-state index contributed by atoms with van der Waals surface area (Å²) >= 11 is 0. The van der Waals surface area contributed by atoms with Crippen LogP contribution in [0.25, 0.3) is 28.5 Å². The van der Waals surface area contributed by atoms with Crippen LogP contribution < -0.4 is 19.3 Å². The molecule has 0 aliphatic carbocycles. The summed E-state index contributed by atoms with van der Waals surface area (Å²) in [4.78, 5) is 22.2. The molecule has 2 N–H and O–H groups in total. The first-order valence-electron chi connectivity index (χ1n) is 11.9. The zero-order valence-corrected chi connectivity index (χ0v) is 22.5. The Morgan fingerprint density at radius 2 is 1.65 bits per heavy atom. The van der Waals surface area contributed by atoms with Crippen molar-refractivity contribution < 1.29 is 27.0 Å². The van der Waals surface area contributed by atoms with E-state index >= 15 is 0 Å². The number of fused-ring (bicyclic) bond motifs is 1. The summed E-state index contributed by atoms with van der Waals surface area (Å²) in [6, 6.07) is 12.7. The Labute approximate surface area is 228 Å². The first-order valence-corrected chi connectivity index (χ1v) is 13.6. The second-order valence-electron chi connectivity index (χ2n) is 8.39. The standard InChI is InChI=1S/C26H24FN7O5S/c1-4-39-21-10-5-7-17(31-21)25-33-24-26(34(25)22-19(37-2)8-6-9-20(22)38-3)32-18(14-30-24)23(40(28,35)36)16-12-11-15(27)13-29-16/h5-14,23H,4H2,1-3H3,(H2,28,35,36). The molecule has 0 saturated heterocycles. The van der Waals surface area contributed by atoms with Gasteiger partial charge in [0.25, 0.3) is 0 Å². The van der Waals surface area contributed by atoms with Gasteiger partial charge < -0.3 is 14.2 Å². The molecule has 5 aromatic rings. The fraction of sp³-hybridized carbons (Fsp3) is 0.192. The fourth-order valence-corrected chi connectivity index (χ4v) is 5.15. The highest BCUT2D eigenvalue weighted by molar-refractivity contribution is 7.89. The zero-order valence-electron chi connectivity index (χ0n) is 21.6. The van der Waals surface area contributed by atoms with Crippen molar-refractivity contribution in [3.8, 4) is 34.6 Å². The monoisotopic (exact) mass is 565 g/mol. The summed E-state index contributed by atoms with van der Waals surface area (Å²) < 4.78 is 57.5. The predicted molar refractivity (Wildman–Crippen MR) is 143 cm³/mol. The van der Waals surface area contributed by atoms with E-state index < -0.39 is 21.1 Å². The molecule has 0 spiro atoms. The number of imidazole rings is 1. The van der Waals surface area contributed by atoms with Crippen LogP contribution in [0.15, 0.2) is 60.9 Å². The van der Waals surface area contributed by atoms with Crippen molar-refractivity contribution in [3.63, 3.8) is 0 Å². The molecule has 5 rings (SSSR count). The Balaban J connectivity index is 1.84. The highest BCUT2D eigenvalue weighted by Crippen LogP contribution is 2.38. The SMILES string of the molecule is CCOc1cccc(-c2nc3ncc(C(c4ccc(F)cn4)S(N)(=O)=O)nc3n2-c2c(OC)cccc2OC)n1. The number of nitrogens with two attached hydrogens (primary N) is 1. The lowest BCUT2D eigenvalue weighted by Crippen LogP contribution is -2.24. The second-order valence-corrected chi connectivity index (χ2v) is 10.0. The van der Waals surface area contributed by atoms with E-state index in [1.807, 2.05) is 6.92 Å². The molecule has 0 aliphatic heterocycles. The number of methoxy groups -OCH3 is 2. The number of sulfonamides is 1. The molecule has 4 heterocycles. The normalized spacial score (nSPS) is 12.3. The molecule has 206 valence electrons. The van der Waals surface area contributed by atoms with E-state index in [1.165, 1.54) is 26.5 Å². The maximum Gasteiger partial charge on any atom is 0.223 e. The molecule has 1 atom stereocenters. The summed E-state index contributed by atoms with van der Waals surface area (Å²) in [5.41, 5.74) is 1.11. The average Bonchev–Trinajstić information content (AvgIpc) is 3.32. The molecule has 0 fully saturated rings. The maximum atomic E-state index is 13.6. The van der Waals surface area contributed by atoms with Crippen LogP contribution in [0.4, 0.5) is 4.39 Å². The number of benzene rings is 1. The maximum absolute atomic E-state index is 13.6. The Bertz CT molecular complexity index is 1770. The lowest BCUT2D eigenvalue weighted by molar-refractivity contribution is 0.327. The molecular weight excluding hydrogens is 541 g/mol. The third-order valence-electron chi connectivity index (χ3n) is 5.88. The summed E-state index contributed by atoms with van der Waals surface area (Å²) in [6.07, 6.45) is 2.14. The quantitative estimate of drug-likeness (QED) is 0.281. The number of pyridine rings is 2. The number of aromatic nitrogens is 6. The van der Waals surface area contributed by atoms with Gasteiger partial charge in [-0.05, 0) is 37.3 Å². The highest BCUT2D eigenvalue weighted by Gasteiger charge is 2.31. The third kappa shape index (κ3) is 5.01. The van der Waals surface area contributed by atoms with E-state index in [0.717, 1.165) is 12.3 Å². The van der Waals surface area contributed by atoms with Crippen LogP contribution in [0.1, 0.15) is 23.6 Å². The molecule has 14 heteroatoms. The number of hydrogen-bond donors (Lipinski definition) is 1. The number of ether oxygens (including phenoxy) is 3. The molecule has 12 nitrogen and oxygen atoms in total. The van der Waals surface area contributed by atoms with Gasteiger partial charge in [0.15, 0.2) is 22.4 Å². The minimum Gasteiger partial charge on any atom is -0.494 e. The minimum atomic E-state index is -4.31. The number of para-hydroxylation sites is 1. The zero-order chi connectivity index (χ0) is 28.4. The molecule has 0 radical (unpaired) electrons. The number of halogens is 1. The topological polar surface area (TPSA) is 157 Å². The molecule has 4 aromatic heterocycles. The molecule has 1 unspecified atom stereocenters. The fourth-order valence-electron chi connectivity index (χ4n) is 4.23. The number of hydrogen-bond acceptors (Lipinski definition) is 10. The lowest BCUT2D eigenvalue weighted by Gasteiger charge is -2.17. The van der Waals surface area contributed by atoms with Crippen molar-refractivity contribution in [1.82, 2.24) is 29.5 Å². The van der Waals surface area contributed by atoms with Crippen molar-refractivity contribution >= 4 is 21.3 Å². The molecule has 40 heavy (non-hydrogen) atoms. The first-order chi connectivity index (χ1) is 19.2. The van der Waals surface area contributed by atoms with Crippen LogP contribution in [0.3, 0.4) is 0 Å². The van der Waals surface area contributed by atoms with E-state index in [0.29, 0.717) is 41.2 Å². The summed E-state index contributed by atoms with van der Waals surface area (Å²) in [5, 5.41) is 4.06. The van der Waals surface area contributed by atoms with Gasteiger partial charge in [-0.1, -0.05) is 12.1 Å². The molecule has 0 aliphatic rings. The van der Waals surface area contributed by atoms with Crippen molar-refractivity contribution in [2.24, 2.45) is 5.14 Å².